The lowest BCUT2D eigenvalue weighted by molar-refractivity contribution is 0.941. The number of fused-ring (bicyclic) bond motifs is 9. The normalized spacial score (nSPS) is 11.9. The molecule has 0 amide bonds. The van der Waals surface area contributed by atoms with Gasteiger partial charge in [-0.2, -0.15) is 0 Å². The molecule has 0 N–H and O–H groups in total. The van der Waals surface area contributed by atoms with Gasteiger partial charge in [-0.1, -0.05) is 78.9 Å². The van der Waals surface area contributed by atoms with E-state index < -0.39 is 0 Å². The first-order valence-electron chi connectivity index (χ1n) is 12.0. The molecule has 0 atom stereocenters. The van der Waals surface area contributed by atoms with Crippen LogP contribution in [0.15, 0.2) is 116 Å². The second kappa shape index (κ2) is 7.23. The Hall–Kier alpha value is -5.03. The smallest absolute Gasteiger partial charge is 0.237 e. The van der Waals surface area contributed by atoms with Crippen LogP contribution in [-0.4, -0.2) is 24.1 Å². The van der Waals surface area contributed by atoms with E-state index in [1.807, 2.05) is 0 Å². The summed E-state index contributed by atoms with van der Waals surface area (Å²) in [5.74, 6) is 0.614. The van der Waals surface area contributed by atoms with Gasteiger partial charge in [0.1, 0.15) is 12.7 Å². The molecule has 0 aliphatic rings. The standard InChI is InChI=1S/C31H19N5/c1-2-8-21(9-3-1)35-26-12-6-4-10-22(26)24-16-14-20-15-17-25-23-11-5-7-13-27(23)36(30(25)28(20)29(24)35)31-33-18-32-19-34-31/h1-19H. The van der Waals surface area contributed by atoms with Crippen molar-refractivity contribution in [2.75, 3.05) is 0 Å². The summed E-state index contributed by atoms with van der Waals surface area (Å²) in [5.41, 5.74) is 5.68. The van der Waals surface area contributed by atoms with Crippen molar-refractivity contribution in [2.24, 2.45) is 0 Å². The highest BCUT2D eigenvalue weighted by molar-refractivity contribution is 6.28. The highest BCUT2D eigenvalue weighted by Crippen LogP contribution is 2.42. The molecule has 36 heavy (non-hydrogen) atoms. The highest BCUT2D eigenvalue weighted by Gasteiger charge is 2.21. The van der Waals surface area contributed by atoms with Crippen molar-refractivity contribution >= 4 is 54.4 Å². The lowest BCUT2D eigenvalue weighted by atomic mass is 10.0. The van der Waals surface area contributed by atoms with E-state index in [2.05, 4.69) is 127 Å². The second-order valence-corrected chi connectivity index (χ2v) is 9.00. The van der Waals surface area contributed by atoms with Crippen LogP contribution < -0.4 is 0 Å². The zero-order chi connectivity index (χ0) is 23.6. The zero-order valence-electron chi connectivity index (χ0n) is 19.2. The van der Waals surface area contributed by atoms with Crippen LogP contribution in [0.3, 0.4) is 0 Å². The molecule has 3 heterocycles. The van der Waals surface area contributed by atoms with Crippen LogP contribution in [0.4, 0.5) is 0 Å². The van der Waals surface area contributed by atoms with Gasteiger partial charge in [0.05, 0.1) is 22.1 Å². The third-order valence-electron chi connectivity index (χ3n) is 7.14. The van der Waals surface area contributed by atoms with E-state index in [1.165, 1.54) is 43.4 Å². The Morgan fingerprint density at radius 3 is 1.69 bits per heavy atom. The molecule has 5 heteroatoms. The molecule has 8 aromatic rings. The van der Waals surface area contributed by atoms with Crippen LogP contribution in [-0.2, 0) is 0 Å². The monoisotopic (exact) mass is 461 g/mol. The molecule has 0 saturated heterocycles. The Kier molecular flexibility index (Phi) is 3.88. The maximum absolute atomic E-state index is 4.57. The van der Waals surface area contributed by atoms with E-state index in [1.54, 1.807) is 12.7 Å². The SMILES string of the molecule is c1ccc(-n2c3ccccc3c3ccc4ccc5c6ccccc6n(-c6ncncn6)c5c4c32)cc1. The molecule has 0 aliphatic carbocycles. The Morgan fingerprint density at radius 2 is 1.03 bits per heavy atom. The summed E-state index contributed by atoms with van der Waals surface area (Å²) in [6.45, 7) is 0. The predicted octanol–water partition coefficient (Wildman–Crippen LogP) is 7.22. The minimum absolute atomic E-state index is 0.614. The van der Waals surface area contributed by atoms with Crippen LogP contribution in [0, 0.1) is 0 Å². The van der Waals surface area contributed by atoms with E-state index in [4.69, 9.17) is 0 Å². The van der Waals surface area contributed by atoms with Crippen LogP contribution >= 0.6 is 0 Å². The van der Waals surface area contributed by atoms with Crippen molar-refractivity contribution in [3.8, 4) is 11.6 Å². The van der Waals surface area contributed by atoms with Gasteiger partial charge in [0.2, 0.25) is 5.95 Å². The number of benzene rings is 5. The maximum Gasteiger partial charge on any atom is 0.237 e. The molecule has 5 aromatic carbocycles. The fourth-order valence-electron chi connectivity index (χ4n) is 5.72. The van der Waals surface area contributed by atoms with Gasteiger partial charge in [-0.15, -0.1) is 0 Å². The molecule has 8 rings (SSSR count). The molecule has 5 nitrogen and oxygen atoms in total. The van der Waals surface area contributed by atoms with Crippen molar-refractivity contribution in [3.63, 3.8) is 0 Å². The minimum Gasteiger partial charge on any atom is -0.309 e. The van der Waals surface area contributed by atoms with E-state index in [-0.39, 0.29) is 0 Å². The average Bonchev–Trinajstić information content (AvgIpc) is 3.47. The maximum atomic E-state index is 4.57. The first-order chi connectivity index (χ1) is 17.9. The zero-order valence-corrected chi connectivity index (χ0v) is 19.2. The van der Waals surface area contributed by atoms with Gasteiger partial charge >= 0.3 is 0 Å². The number of nitrogens with zero attached hydrogens (tertiary/aromatic N) is 5. The molecular weight excluding hydrogens is 442 g/mol. The summed E-state index contributed by atoms with van der Waals surface area (Å²) >= 11 is 0. The van der Waals surface area contributed by atoms with E-state index in [0.29, 0.717) is 5.95 Å². The van der Waals surface area contributed by atoms with Gasteiger partial charge in [-0.3, -0.25) is 4.57 Å². The number of hydrogen-bond acceptors (Lipinski definition) is 3. The second-order valence-electron chi connectivity index (χ2n) is 9.00. The first kappa shape index (κ1) is 19.3. The summed E-state index contributed by atoms with van der Waals surface area (Å²) in [4.78, 5) is 13.2. The van der Waals surface area contributed by atoms with Crippen molar-refractivity contribution in [3.05, 3.63) is 116 Å². The van der Waals surface area contributed by atoms with Crippen molar-refractivity contribution in [2.45, 2.75) is 0 Å². The molecule has 0 radical (unpaired) electrons. The van der Waals surface area contributed by atoms with Crippen molar-refractivity contribution in [1.82, 2.24) is 24.1 Å². The van der Waals surface area contributed by atoms with Crippen LogP contribution in [0.2, 0.25) is 0 Å². The molecule has 0 fully saturated rings. The average molecular weight is 462 g/mol. The molecule has 0 spiro atoms. The molecule has 0 aliphatic heterocycles. The van der Waals surface area contributed by atoms with Crippen molar-refractivity contribution in [1.29, 1.82) is 0 Å². The lowest BCUT2D eigenvalue weighted by Gasteiger charge is -2.12. The summed E-state index contributed by atoms with van der Waals surface area (Å²) in [7, 11) is 0. The molecule has 0 bridgehead atoms. The first-order valence-corrected chi connectivity index (χ1v) is 12.0. The fraction of sp³-hybridized carbons (Fsp3) is 0. The van der Waals surface area contributed by atoms with Crippen LogP contribution in [0.1, 0.15) is 0 Å². The Bertz CT molecular complexity index is 1940. The minimum atomic E-state index is 0.614. The number of aromatic nitrogens is 5. The van der Waals surface area contributed by atoms with Gasteiger partial charge in [-0.25, -0.2) is 15.0 Å². The number of rotatable bonds is 2. The summed E-state index contributed by atoms with van der Waals surface area (Å²) < 4.78 is 4.57. The van der Waals surface area contributed by atoms with Crippen LogP contribution in [0.5, 0.6) is 0 Å². The van der Waals surface area contributed by atoms with Gasteiger partial charge in [0.25, 0.3) is 0 Å². The lowest BCUT2D eigenvalue weighted by Crippen LogP contribution is -2.01. The molecule has 168 valence electrons. The predicted molar refractivity (Wildman–Crippen MR) is 146 cm³/mol. The largest absolute Gasteiger partial charge is 0.309 e. The van der Waals surface area contributed by atoms with Gasteiger partial charge in [0.15, 0.2) is 0 Å². The van der Waals surface area contributed by atoms with E-state index >= 15 is 0 Å². The van der Waals surface area contributed by atoms with E-state index in [9.17, 15) is 0 Å². The topological polar surface area (TPSA) is 48.5 Å². The summed E-state index contributed by atoms with van der Waals surface area (Å²) in [5, 5.41) is 7.17. The third-order valence-corrected chi connectivity index (χ3v) is 7.14. The molecule has 3 aromatic heterocycles. The van der Waals surface area contributed by atoms with Gasteiger partial charge in [0, 0.05) is 32.6 Å². The number of para-hydroxylation sites is 3. The summed E-state index contributed by atoms with van der Waals surface area (Å²) in [6, 6.07) is 36.6. The quantitative estimate of drug-likeness (QED) is 0.273. The molecule has 0 unspecified atom stereocenters. The fourth-order valence-corrected chi connectivity index (χ4v) is 5.72. The van der Waals surface area contributed by atoms with Gasteiger partial charge < -0.3 is 4.57 Å². The third kappa shape index (κ3) is 2.51. The Morgan fingerprint density at radius 1 is 0.472 bits per heavy atom. The molecular formula is C31H19N5. The van der Waals surface area contributed by atoms with Crippen LogP contribution in [0.25, 0.3) is 66.0 Å². The Labute approximate surface area is 205 Å². The number of hydrogen-bond donors (Lipinski definition) is 0. The Balaban J connectivity index is 1.71. The highest BCUT2D eigenvalue weighted by atomic mass is 15.2. The van der Waals surface area contributed by atoms with E-state index in [0.717, 1.165) is 16.7 Å². The van der Waals surface area contributed by atoms with Gasteiger partial charge in [-0.05, 0) is 29.7 Å². The van der Waals surface area contributed by atoms with Crippen molar-refractivity contribution < 1.29 is 0 Å². The summed E-state index contributed by atoms with van der Waals surface area (Å²) in [6.07, 6.45) is 3.12. The molecule has 0 saturated carbocycles.